The molecule has 0 saturated heterocycles. The Hall–Kier alpha value is -0.670. The normalized spacial score (nSPS) is 12.7. The molecule has 2 N–H and O–H groups in total. The number of carbonyl (C=O) groups excluding carboxylic acids is 1. The molecule has 3 heteroatoms. The highest BCUT2D eigenvalue weighted by molar-refractivity contribution is 5.89. The largest absolute Gasteiger partial charge is 0.378 e. The highest BCUT2D eigenvalue weighted by Gasteiger charge is 2.03. The second-order valence-electron chi connectivity index (χ2n) is 1.68. The van der Waals surface area contributed by atoms with Gasteiger partial charge in [0.1, 0.15) is 6.23 Å². The van der Waals surface area contributed by atoms with E-state index in [0.717, 1.165) is 0 Å². The maximum absolute atomic E-state index is 10.5. The molecule has 1 unspecified atom stereocenters. The average molecular weight is 129 g/mol. The molecule has 0 aliphatic carbocycles. The van der Waals surface area contributed by atoms with Crippen molar-refractivity contribution in [2.45, 2.75) is 12.6 Å². The lowest BCUT2D eigenvalue weighted by atomic mass is 10.2. The topological polar surface area (TPSA) is 49.3 Å². The highest BCUT2D eigenvalue weighted by atomic mass is 16.3. The van der Waals surface area contributed by atoms with Crippen LogP contribution in [0.4, 0.5) is 0 Å². The highest BCUT2D eigenvalue weighted by Crippen LogP contribution is 1.87. The van der Waals surface area contributed by atoms with Gasteiger partial charge in [0.15, 0.2) is 5.78 Å². The van der Waals surface area contributed by atoms with E-state index in [1.165, 1.54) is 6.08 Å². The van der Waals surface area contributed by atoms with Gasteiger partial charge in [0, 0.05) is 6.42 Å². The summed E-state index contributed by atoms with van der Waals surface area (Å²) in [5.74, 6) is -0.156. The summed E-state index contributed by atoms with van der Waals surface area (Å²) in [6.45, 7) is 3.26. The Kier molecular flexibility index (Phi) is 3.92. The lowest BCUT2D eigenvalue weighted by molar-refractivity contribution is -0.116. The minimum atomic E-state index is -0.740. The predicted molar refractivity (Wildman–Crippen MR) is 34.9 cm³/mol. The number of aliphatic hydroxyl groups is 1. The zero-order chi connectivity index (χ0) is 7.28. The maximum atomic E-state index is 10.5. The van der Waals surface area contributed by atoms with Crippen LogP contribution in [0.1, 0.15) is 6.42 Å². The minimum absolute atomic E-state index is 0.0972. The van der Waals surface area contributed by atoms with Crippen molar-refractivity contribution in [3.05, 3.63) is 12.7 Å². The molecule has 0 spiro atoms. The summed E-state index contributed by atoms with van der Waals surface area (Å²) in [5, 5.41) is 11.3. The van der Waals surface area contributed by atoms with Crippen LogP contribution < -0.4 is 5.32 Å². The smallest absolute Gasteiger partial charge is 0.159 e. The molecule has 0 amide bonds. The van der Waals surface area contributed by atoms with Crippen LogP contribution in [0, 0.1) is 0 Å². The minimum Gasteiger partial charge on any atom is -0.378 e. The van der Waals surface area contributed by atoms with Gasteiger partial charge in [-0.1, -0.05) is 6.58 Å². The Morgan fingerprint density at radius 3 is 2.89 bits per heavy atom. The molecule has 0 bridgehead atoms. The summed E-state index contributed by atoms with van der Waals surface area (Å²) in [6, 6.07) is 0. The summed E-state index contributed by atoms with van der Waals surface area (Å²) in [4.78, 5) is 10.5. The van der Waals surface area contributed by atoms with Crippen molar-refractivity contribution in [1.82, 2.24) is 5.32 Å². The zero-order valence-electron chi connectivity index (χ0n) is 5.42. The Morgan fingerprint density at radius 1 is 2.00 bits per heavy atom. The van der Waals surface area contributed by atoms with E-state index in [4.69, 9.17) is 5.11 Å². The van der Waals surface area contributed by atoms with Crippen molar-refractivity contribution in [3.8, 4) is 0 Å². The standard InChI is InChI=1S/C6H11NO2/c1-3-5(8)4-6(9)7-2/h3,6-7,9H,1,4H2,2H3. The van der Waals surface area contributed by atoms with Gasteiger partial charge in [0.05, 0.1) is 0 Å². The Morgan fingerprint density at radius 2 is 2.56 bits per heavy atom. The Bertz CT molecular complexity index is 112. The first-order valence-corrected chi connectivity index (χ1v) is 2.71. The van der Waals surface area contributed by atoms with E-state index in [9.17, 15) is 4.79 Å². The van der Waals surface area contributed by atoms with Crippen LogP contribution in [0.25, 0.3) is 0 Å². The van der Waals surface area contributed by atoms with Crippen molar-refractivity contribution in [2.75, 3.05) is 7.05 Å². The number of nitrogens with one attached hydrogen (secondary N) is 1. The third-order valence-corrected chi connectivity index (χ3v) is 0.955. The van der Waals surface area contributed by atoms with Gasteiger partial charge >= 0.3 is 0 Å². The number of allylic oxidation sites excluding steroid dienone is 1. The fraction of sp³-hybridized carbons (Fsp3) is 0.500. The number of ketones is 1. The Labute approximate surface area is 54.4 Å². The molecule has 1 atom stereocenters. The lowest BCUT2D eigenvalue weighted by Crippen LogP contribution is -2.26. The molecule has 9 heavy (non-hydrogen) atoms. The number of rotatable bonds is 4. The van der Waals surface area contributed by atoms with Crippen molar-refractivity contribution in [3.63, 3.8) is 0 Å². The number of hydrogen-bond acceptors (Lipinski definition) is 3. The van der Waals surface area contributed by atoms with Gasteiger partial charge in [-0.15, -0.1) is 0 Å². The molecule has 0 saturated carbocycles. The van der Waals surface area contributed by atoms with Crippen LogP contribution in [0.3, 0.4) is 0 Å². The van der Waals surface area contributed by atoms with E-state index in [2.05, 4.69) is 11.9 Å². The molecular formula is C6H11NO2. The fourth-order valence-electron chi connectivity index (χ4n) is 0.376. The van der Waals surface area contributed by atoms with Crippen LogP contribution >= 0.6 is 0 Å². The molecular weight excluding hydrogens is 118 g/mol. The third kappa shape index (κ3) is 3.88. The fourth-order valence-corrected chi connectivity index (χ4v) is 0.376. The van der Waals surface area contributed by atoms with E-state index >= 15 is 0 Å². The molecule has 0 radical (unpaired) electrons. The van der Waals surface area contributed by atoms with Crippen molar-refractivity contribution in [2.24, 2.45) is 0 Å². The van der Waals surface area contributed by atoms with Gasteiger partial charge in [0.2, 0.25) is 0 Å². The molecule has 0 aliphatic rings. The third-order valence-electron chi connectivity index (χ3n) is 0.955. The number of carbonyl (C=O) groups is 1. The van der Waals surface area contributed by atoms with Gasteiger partial charge in [-0.3, -0.25) is 10.1 Å². The molecule has 0 aromatic carbocycles. The van der Waals surface area contributed by atoms with Crippen LogP contribution in [-0.2, 0) is 4.79 Å². The van der Waals surface area contributed by atoms with Crippen LogP contribution in [0.5, 0.6) is 0 Å². The SMILES string of the molecule is C=CC(=O)CC(O)NC. The average Bonchev–Trinajstić information content (AvgIpc) is 1.87. The first kappa shape index (κ1) is 8.33. The summed E-state index contributed by atoms with van der Waals surface area (Å²) in [7, 11) is 1.58. The van der Waals surface area contributed by atoms with Crippen molar-refractivity contribution in [1.29, 1.82) is 0 Å². The van der Waals surface area contributed by atoms with Gasteiger partial charge < -0.3 is 5.11 Å². The van der Waals surface area contributed by atoms with E-state index in [-0.39, 0.29) is 12.2 Å². The van der Waals surface area contributed by atoms with E-state index in [1.807, 2.05) is 0 Å². The van der Waals surface area contributed by atoms with Crippen LogP contribution in [0.2, 0.25) is 0 Å². The van der Waals surface area contributed by atoms with Crippen molar-refractivity contribution >= 4 is 5.78 Å². The monoisotopic (exact) mass is 129 g/mol. The van der Waals surface area contributed by atoms with Gasteiger partial charge in [0.25, 0.3) is 0 Å². The summed E-state index contributed by atoms with van der Waals surface area (Å²) >= 11 is 0. The molecule has 0 fully saturated rings. The van der Waals surface area contributed by atoms with Gasteiger partial charge in [-0.05, 0) is 13.1 Å². The van der Waals surface area contributed by atoms with Crippen molar-refractivity contribution < 1.29 is 9.90 Å². The predicted octanol–water partition coefficient (Wildman–Crippen LogP) is -0.331. The van der Waals surface area contributed by atoms with E-state index < -0.39 is 6.23 Å². The number of aliphatic hydroxyl groups excluding tert-OH is 1. The summed E-state index contributed by atoms with van der Waals surface area (Å²) < 4.78 is 0. The van der Waals surface area contributed by atoms with E-state index in [0.29, 0.717) is 0 Å². The number of hydrogen-bond donors (Lipinski definition) is 2. The molecule has 0 aromatic heterocycles. The van der Waals surface area contributed by atoms with Crippen LogP contribution in [0.15, 0.2) is 12.7 Å². The van der Waals surface area contributed by atoms with Gasteiger partial charge in [-0.25, -0.2) is 0 Å². The summed E-state index contributed by atoms with van der Waals surface area (Å²) in [5.41, 5.74) is 0. The molecule has 52 valence electrons. The second kappa shape index (κ2) is 4.23. The first-order valence-electron chi connectivity index (χ1n) is 2.71. The molecule has 0 rings (SSSR count). The Balaban J connectivity index is 3.46. The molecule has 0 aliphatic heterocycles. The molecule has 3 nitrogen and oxygen atoms in total. The lowest BCUT2D eigenvalue weighted by Gasteiger charge is -2.04. The van der Waals surface area contributed by atoms with Gasteiger partial charge in [-0.2, -0.15) is 0 Å². The summed E-state index contributed by atoms with van der Waals surface area (Å²) in [6.07, 6.45) is 0.552. The maximum Gasteiger partial charge on any atom is 0.159 e. The van der Waals surface area contributed by atoms with E-state index in [1.54, 1.807) is 7.05 Å². The zero-order valence-corrected chi connectivity index (χ0v) is 5.42. The first-order chi connectivity index (χ1) is 4.20. The molecule has 0 heterocycles. The molecule has 0 aromatic rings. The van der Waals surface area contributed by atoms with Crippen LogP contribution in [-0.4, -0.2) is 24.2 Å². The quantitative estimate of drug-likeness (QED) is 0.403. The second-order valence-corrected chi connectivity index (χ2v) is 1.68.